The molecule has 2 rings (SSSR count). The standard InChI is InChI=1S/C12H9Br2ClN2O2S/c1-7-10(3-5-12(15)16-7)17-20(18,19)11-4-2-8(13)6-9(11)14/h2-6,17H,1H3. The van der Waals surface area contributed by atoms with E-state index >= 15 is 0 Å². The average Bonchev–Trinajstić information content (AvgIpc) is 2.32. The first-order chi connectivity index (χ1) is 9.29. The van der Waals surface area contributed by atoms with Crippen molar-refractivity contribution in [2.45, 2.75) is 11.8 Å². The first-order valence-corrected chi connectivity index (χ1v) is 8.85. The molecule has 1 N–H and O–H groups in total. The molecule has 0 saturated heterocycles. The number of nitrogens with one attached hydrogen (secondary N) is 1. The molecule has 4 nitrogen and oxygen atoms in total. The summed E-state index contributed by atoms with van der Waals surface area (Å²) < 4.78 is 28.5. The van der Waals surface area contributed by atoms with Crippen LogP contribution in [0.1, 0.15) is 5.69 Å². The topological polar surface area (TPSA) is 59.1 Å². The largest absolute Gasteiger partial charge is 0.278 e. The maximum Gasteiger partial charge on any atom is 0.263 e. The van der Waals surface area contributed by atoms with Crippen LogP contribution in [0.2, 0.25) is 5.15 Å². The summed E-state index contributed by atoms with van der Waals surface area (Å²) in [6, 6.07) is 7.95. The fourth-order valence-electron chi connectivity index (χ4n) is 1.53. The van der Waals surface area contributed by atoms with Crippen LogP contribution in [0.15, 0.2) is 44.2 Å². The summed E-state index contributed by atoms with van der Waals surface area (Å²) >= 11 is 12.3. The Hall–Kier alpha value is -0.630. The van der Waals surface area contributed by atoms with Crippen molar-refractivity contribution >= 4 is 59.2 Å². The Balaban J connectivity index is 2.41. The van der Waals surface area contributed by atoms with Crippen LogP contribution in [-0.4, -0.2) is 13.4 Å². The molecule has 2 aromatic rings. The van der Waals surface area contributed by atoms with Crippen LogP contribution in [0.5, 0.6) is 0 Å². The number of anilines is 1. The highest BCUT2D eigenvalue weighted by Gasteiger charge is 2.19. The molecule has 0 saturated carbocycles. The first kappa shape index (κ1) is 15.8. The van der Waals surface area contributed by atoms with Crippen molar-refractivity contribution in [2.75, 3.05) is 4.72 Å². The lowest BCUT2D eigenvalue weighted by atomic mass is 10.3. The van der Waals surface area contributed by atoms with Gasteiger partial charge < -0.3 is 0 Å². The summed E-state index contributed by atoms with van der Waals surface area (Å²) in [5, 5.41) is 0.315. The minimum absolute atomic E-state index is 0.148. The third-order valence-corrected chi connectivity index (χ3v) is 5.53. The number of hydrogen-bond acceptors (Lipinski definition) is 3. The van der Waals surface area contributed by atoms with Gasteiger partial charge in [-0.3, -0.25) is 4.72 Å². The van der Waals surface area contributed by atoms with Crippen molar-refractivity contribution in [1.82, 2.24) is 4.98 Å². The van der Waals surface area contributed by atoms with Crippen LogP contribution in [0.4, 0.5) is 5.69 Å². The SMILES string of the molecule is Cc1nc(Cl)ccc1NS(=O)(=O)c1ccc(Br)cc1Br. The molecule has 0 amide bonds. The quantitative estimate of drug-likeness (QED) is 0.721. The average molecular weight is 441 g/mol. The molecular weight excluding hydrogens is 431 g/mol. The maximum atomic E-state index is 12.4. The number of pyridine rings is 1. The van der Waals surface area contributed by atoms with E-state index in [0.717, 1.165) is 4.47 Å². The number of rotatable bonds is 3. The summed E-state index contributed by atoms with van der Waals surface area (Å²) in [6.45, 7) is 1.68. The molecule has 0 fully saturated rings. The second-order valence-corrected chi connectivity index (χ2v) is 7.76. The van der Waals surface area contributed by atoms with Crippen molar-refractivity contribution in [3.63, 3.8) is 0 Å². The van der Waals surface area contributed by atoms with Gasteiger partial charge in [0.15, 0.2) is 0 Å². The van der Waals surface area contributed by atoms with E-state index in [-0.39, 0.29) is 4.90 Å². The Labute approximate surface area is 138 Å². The van der Waals surface area contributed by atoms with E-state index in [4.69, 9.17) is 11.6 Å². The van der Waals surface area contributed by atoms with E-state index < -0.39 is 10.0 Å². The predicted molar refractivity (Wildman–Crippen MR) is 86.6 cm³/mol. The second-order valence-electron chi connectivity index (χ2n) is 3.95. The smallest absolute Gasteiger partial charge is 0.263 e. The molecular formula is C12H9Br2ClN2O2S. The van der Waals surface area contributed by atoms with Crippen molar-refractivity contribution < 1.29 is 8.42 Å². The normalized spacial score (nSPS) is 11.4. The summed E-state index contributed by atoms with van der Waals surface area (Å²) in [6.07, 6.45) is 0. The van der Waals surface area contributed by atoms with Gasteiger partial charge in [0.2, 0.25) is 0 Å². The number of aromatic nitrogens is 1. The summed E-state index contributed by atoms with van der Waals surface area (Å²) in [7, 11) is -3.70. The Morgan fingerprint density at radius 3 is 2.50 bits per heavy atom. The fourth-order valence-corrected chi connectivity index (χ4v) is 4.59. The number of halogens is 3. The zero-order chi connectivity index (χ0) is 14.9. The monoisotopic (exact) mass is 438 g/mol. The molecule has 20 heavy (non-hydrogen) atoms. The van der Waals surface area contributed by atoms with Gasteiger partial charge in [-0.1, -0.05) is 27.5 Å². The molecule has 1 aromatic carbocycles. The lowest BCUT2D eigenvalue weighted by molar-refractivity contribution is 0.600. The summed E-state index contributed by atoms with van der Waals surface area (Å²) in [5.74, 6) is 0. The highest BCUT2D eigenvalue weighted by molar-refractivity contribution is 9.11. The molecule has 0 radical (unpaired) electrons. The number of nitrogens with zero attached hydrogens (tertiary/aromatic N) is 1. The van der Waals surface area contributed by atoms with E-state index in [2.05, 4.69) is 41.6 Å². The summed E-state index contributed by atoms with van der Waals surface area (Å²) in [4.78, 5) is 4.16. The maximum absolute atomic E-state index is 12.4. The molecule has 0 atom stereocenters. The summed E-state index contributed by atoms with van der Waals surface area (Å²) in [5.41, 5.74) is 0.901. The van der Waals surface area contributed by atoms with Gasteiger partial charge in [0.05, 0.1) is 11.4 Å². The molecule has 0 aliphatic carbocycles. The van der Waals surface area contributed by atoms with E-state index in [1.807, 2.05) is 0 Å². The van der Waals surface area contributed by atoms with Crippen molar-refractivity contribution in [3.8, 4) is 0 Å². The zero-order valence-electron chi connectivity index (χ0n) is 10.2. The van der Waals surface area contributed by atoms with Crippen molar-refractivity contribution in [2.24, 2.45) is 0 Å². The van der Waals surface area contributed by atoms with Crippen molar-refractivity contribution in [1.29, 1.82) is 0 Å². The van der Waals surface area contributed by atoms with E-state index in [1.54, 1.807) is 25.1 Å². The van der Waals surface area contributed by atoms with Gasteiger partial charge in [0.1, 0.15) is 10.0 Å². The van der Waals surface area contributed by atoms with Gasteiger partial charge in [0, 0.05) is 8.95 Å². The van der Waals surface area contributed by atoms with Crippen LogP contribution >= 0.6 is 43.5 Å². The molecule has 0 spiro atoms. The lowest BCUT2D eigenvalue weighted by Gasteiger charge is -2.11. The van der Waals surface area contributed by atoms with Gasteiger partial charge in [-0.2, -0.15) is 0 Å². The van der Waals surface area contributed by atoms with E-state index in [1.165, 1.54) is 12.1 Å². The molecule has 0 aliphatic rings. The van der Waals surface area contributed by atoms with Gasteiger partial charge in [0.25, 0.3) is 10.0 Å². The third-order valence-electron chi connectivity index (χ3n) is 2.48. The van der Waals surface area contributed by atoms with Gasteiger partial charge in [-0.15, -0.1) is 0 Å². The van der Waals surface area contributed by atoms with Crippen molar-refractivity contribution in [3.05, 3.63) is 50.1 Å². The van der Waals surface area contributed by atoms with Crippen LogP contribution < -0.4 is 4.72 Å². The van der Waals surface area contributed by atoms with Crippen LogP contribution in [0.3, 0.4) is 0 Å². The molecule has 8 heteroatoms. The predicted octanol–water partition coefficient (Wildman–Crippen LogP) is 4.37. The Morgan fingerprint density at radius 1 is 1.20 bits per heavy atom. The van der Waals surface area contributed by atoms with Gasteiger partial charge in [-0.05, 0) is 53.2 Å². The number of hydrogen-bond donors (Lipinski definition) is 1. The second kappa shape index (κ2) is 6.01. The zero-order valence-corrected chi connectivity index (χ0v) is 14.9. The molecule has 106 valence electrons. The molecule has 0 unspecified atom stereocenters. The number of aryl methyl sites for hydroxylation is 1. The van der Waals surface area contributed by atoms with Crippen LogP contribution in [0.25, 0.3) is 0 Å². The van der Waals surface area contributed by atoms with Gasteiger partial charge in [-0.25, -0.2) is 13.4 Å². The van der Waals surface area contributed by atoms with Crippen LogP contribution in [-0.2, 0) is 10.0 Å². The third kappa shape index (κ3) is 3.52. The van der Waals surface area contributed by atoms with E-state index in [9.17, 15) is 8.42 Å². The Kier molecular flexibility index (Phi) is 4.73. The number of benzene rings is 1. The highest BCUT2D eigenvalue weighted by atomic mass is 79.9. The Morgan fingerprint density at radius 2 is 1.90 bits per heavy atom. The fraction of sp³-hybridized carbons (Fsp3) is 0.0833. The lowest BCUT2D eigenvalue weighted by Crippen LogP contribution is -2.14. The van der Waals surface area contributed by atoms with E-state index in [0.29, 0.717) is 21.0 Å². The first-order valence-electron chi connectivity index (χ1n) is 5.40. The molecule has 0 bridgehead atoms. The van der Waals surface area contributed by atoms with Gasteiger partial charge >= 0.3 is 0 Å². The number of sulfonamides is 1. The molecule has 0 aliphatic heterocycles. The molecule has 1 heterocycles. The Bertz CT molecular complexity index is 766. The minimum Gasteiger partial charge on any atom is -0.278 e. The van der Waals surface area contributed by atoms with Crippen LogP contribution in [0, 0.1) is 6.92 Å². The highest BCUT2D eigenvalue weighted by Crippen LogP contribution is 2.28. The molecule has 1 aromatic heterocycles. The minimum atomic E-state index is -3.70.